The molecule has 0 aromatic heterocycles. The van der Waals surface area contributed by atoms with Crippen LogP contribution in [0.2, 0.25) is 0 Å². The average molecular weight is 249 g/mol. The molecule has 1 aromatic carbocycles. The predicted octanol–water partition coefficient (Wildman–Crippen LogP) is 1.56. The first kappa shape index (κ1) is 12.9. The number of carbonyl (C=O) groups excluding carboxylic acids is 1. The Morgan fingerprint density at radius 3 is 3.00 bits per heavy atom. The Morgan fingerprint density at radius 2 is 2.28 bits per heavy atom. The van der Waals surface area contributed by atoms with Crippen molar-refractivity contribution in [2.24, 2.45) is 5.92 Å². The van der Waals surface area contributed by atoms with Crippen molar-refractivity contribution in [2.75, 3.05) is 27.4 Å². The van der Waals surface area contributed by atoms with Gasteiger partial charge in [-0.05, 0) is 36.0 Å². The van der Waals surface area contributed by atoms with Crippen molar-refractivity contribution in [1.82, 2.24) is 5.32 Å². The summed E-state index contributed by atoms with van der Waals surface area (Å²) in [6.45, 7) is 0.862. The van der Waals surface area contributed by atoms with Crippen LogP contribution in [0.5, 0.6) is 5.75 Å². The highest BCUT2D eigenvalue weighted by Gasteiger charge is 2.38. The Balaban J connectivity index is 1.81. The lowest BCUT2D eigenvalue weighted by molar-refractivity contribution is -0.124. The van der Waals surface area contributed by atoms with Gasteiger partial charge in [0.05, 0.1) is 7.11 Å². The average Bonchev–Trinajstić information content (AvgIpc) is 3.16. The summed E-state index contributed by atoms with van der Waals surface area (Å²) >= 11 is 0. The molecule has 1 saturated carbocycles. The molecule has 0 heterocycles. The molecular weight excluding hydrogens is 230 g/mol. The van der Waals surface area contributed by atoms with E-state index in [0.717, 1.165) is 18.7 Å². The molecule has 0 aliphatic heterocycles. The number of rotatable bonds is 6. The van der Waals surface area contributed by atoms with E-state index in [9.17, 15) is 4.79 Å². The zero-order chi connectivity index (χ0) is 13.0. The third-order valence-corrected chi connectivity index (χ3v) is 3.28. The molecule has 0 unspecified atom stereocenters. The summed E-state index contributed by atoms with van der Waals surface area (Å²) in [6.07, 6.45) is 1.13. The monoisotopic (exact) mass is 249 g/mol. The number of methoxy groups -OCH3 is 2. The van der Waals surface area contributed by atoms with Crippen LogP contribution in [0.25, 0.3) is 0 Å². The number of carbonyl (C=O) groups is 1. The molecule has 98 valence electrons. The molecular formula is C14H19NO3. The lowest BCUT2D eigenvalue weighted by Gasteiger charge is -2.05. The predicted molar refractivity (Wildman–Crippen MR) is 68.7 cm³/mol. The zero-order valence-corrected chi connectivity index (χ0v) is 10.8. The second kappa shape index (κ2) is 5.87. The van der Waals surface area contributed by atoms with E-state index in [4.69, 9.17) is 9.47 Å². The number of nitrogens with one attached hydrogen (secondary N) is 1. The van der Waals surface area contributed by atoms with E-state index in [1.54, 1.807) is 7.11 Å². The summed E-state index contributed by atoms with van der Waals surface area (Å²) in [6, 6.07) is 8.14. The zero-order valence-electron chi connectivity index (χ0n) is 10.8. The van der Waals surface area contributed by atoms with Crippen molar-refractivity contribution in [3.63, 3.8) is 0 Å². The molecule has 1 aliphatic rings. The Bertz CT molecular complexity index is 419. The SMILES string of the molecule is COCC(=O)NC[C@@H]1C[C@H]1c1cccc(OC)c1. The number of hydrogen-bond donors (Lipinski definition) is 1. The van der Waals surface area contributed by atoms with E-state index in [2.05, 4.69) is 17.4 Å². The maximum atomic E-state index is 11.3. The van der Waals surface area contributed by atoms with Crippen LogP contribution >= 0.6 is 0 Å². The number of ether oxygens (including phenoxy) is 2. The van der Waals surface area contributed by atoms with Gasteiger partial charge in [-0.15, -0.1) is 0 Å². The van der Waals surface area contributed by atoms with Crippen LogP contribution in [0.4, 0.5) is 0 Å². The third kappa shape index (κ3) is 3.23. The molecule has 1 fully saturated rings. The molecule has 0 bridgehead atoms. The minimum absolute atomic E-state index is 0.0474. The quantitative estimate of drug-likeness (QED) is 0.832. The highest BCUT2D eigenvalue weighted by atomic mass is 16.5. The fourth-order valence-electron chi connectivity index (χ4n) is 2.18. The van der Waals surface area contributed by atoms with Gasteiger partial charge in [0.1, 0.15) is 12.4 Å². The third-order valence-electron chi connectivity index (χ3n) is 3.28. The maximum absolute atomic E-state index is 11.3. The topological polar surface area (TPSA) is 47.6 Å². The number of benzene rings is 1. The lowest BCUT2D eigenvalue weighted by atomic mass is 10.1. The summed E-state index contributed by atoms with van der Waals surface area (Å²) in [4.78, 5) is 11.3. The Kier molecular flexibility index (Phi) is 4.20. The van der Waals surface area contributed by atoms with E-state index in [-0.39, 0.29) is 12.5 Å². The molecule has 18 heavy (non-hydrogen) atoms. The first-order chi connectivity index (χ1) is 8.74. The molecule has 0 saturated heterocycles. The number of hydrogen-bond acceptors (Lipinski definition) is 3. The van der Waals surface area contributed by atoms with E-state index in [1.807, 2.05) is 12.1 Å². The van der Waals surface area contributed by atoms with Crippen molar-refractivity contribution < 1.29 is 14.3 Å². The van der Waals surface area contributed by atoms with Gasteiger partial charge in [0, 0.05) is 13.7 Å². The maximum Gasteiger partial charge on any atom is 0.245 e. The molecule has 2 rings (SSSR count). The molecule has 0 radical (unpaired) electrons. The van der Waals surface area contributed by atoms with Gasteiger partial charge in [-0.1, -0.05) is 12.1 Å². The second-order valence-corrected chi connectivity index (χ2v) is 4.62. The molecule has 4 nitrogen and oxygen atoms in total. The fourth-order valence-corrected chi connectivity index (χ4v) is 2.18. The molecule has 4 heteroatoms. The molecule has 0 spiro atoms. The van der Waals surface area contributed by atoms with Crippen LogP contribution in [0.15, 0.2) is 24.3 Å². The van der Waals surface area contributed by atoms with Gasteiger partial charge in [0.25, 0.3) is 0 Å². The van der Waals surface area contributed by atoms with Gasteiger partial charge < -0.3 is 14.8 Å². The molecule has 1 N–H and O–H groups in total. The first-order valence-corrected chi connectivity index (χ1v) is 6.14. The van der Waals surface area contributed by atoms with Gasteiger partial charge in [-0.2, -0.15) is 0 Å². The second-order valence-electron chi connectivity index (χ2n) is 4.62. The van der Waals surface area contributed by atoms with Crippen LogP contribution in [0, 0.1) is 5.92 Å². The molecule has 1 amide bonds. The van der Waals surface area contributed by atoms with Crippen molar-refractivity contribution in [3.8, 4) is 5.75 Å². The summed E-state index contributed by atoms with van der Waals surface area (Å²) in [5.41, 5.74) is 1.29. The van der Waals surface area contributed by atoms with E-state index in [0.29, 0.717) is 11.8 Å². The van der Waals surface area contributed by atoms with Gasteiger partial charge in [0.15, 0.2) is 0 Å². The Hall–Kier alpha value is -1.55. The van der Waals surface area contributed by atoms with Crippen LogP contribution < -0.4 is 10.1 Å². The number of amides is 1. The summed E-state index contributed by atoms with van der Waals surface area (Å²) < 4.78 is 9.98. The van der Waals surface area contributed by atoms with E-state index < -0.39 is 0 Å². The van der Waals surface area contributed by atoms with Gasteiger partial charge >= 0.3 is 0 Å². The standard InChI is InChI=1S/C14H19NO3/c1-17-9-14(16)15-8-11-7-13(11)10-4-3-5-12(6-10)18-2/h3-6,11,13H,7-9H2,1-2H3,(H,15,16)/t11-,13-/m0/s1. The van der Waals surface area contributed by atoms with Gasteiger partial charge in [-0.25, -0.2) is 0 Å². The minimum Gasteiger partial charge on any atom is -0.497 e. The van der Waals surface area contributed by atoms with E-state index in [1.165, 1.54) is 12.7 Å². The fraction of sp³-hybridized carbons (Fsp3) is 0.500. The van der Waals surface area contributed by atoms with Gasteiger partial charge in [-0.3, -0.25) is 4.79 Å². The largest absolute Gasteiger partial charge is 0.497 e. The first-order valence-electron chi connectivity index (χ1n) is 6.14. The van der Waals surface area contributed by atoms with Crippen molar-refractivity contribution in [2.45, 2.75) is 12.3 Å². The van der Waals surface area contributed by atoms with Gasteiger partial charge in [0.2, 0.25) is 5.91 Å². The van der Waals surface area contributed by atoms with Crippen molar-refractivity contribution in [1.29, 1.82) is 0 Å². The summed E-state index contributed by atoms with van der Waals surface area (Å²) in [5, 5.41) is 2.88. The van der Waals surface area contributed by atoms with Crippen LogP contribution in [0.1, 0.15) is 17.9 Å². The highest BCUT2D eigenvalue weighted by molar-refractivity contribution is 5.77. The Morgan fingerprint density at radius 1 is 1.44 bits per heavy atom. The molecule has 1 aromatic rings. The minimum atomic E-state index is -0.0474. The molecule has 2 atom stereocenters. The van der Waals surface area contributed by atoms with Crippen LogP contribution in [0.3, 0.4) is 0 Å². The van der Waals surface area contributed by atoms with Crippen LogP contribution in [-0.2, 0) is 9.53 Å². The van der Waals surface area contributed by atoms with Crippen molar-refractivity contribution in [3.05, 3.63) is 29.8 Å². The lowest BCUT2D eigenvalue weighted by Crippen LogP contribution is -2.29. The Labute approximate surface area is 107 Å². The molecule has 1 aliphatic carbocycles. The summed E-state index contributed by atoms with van der Waals surface area (Å²) in [5.74, 6) is 1.93. The smallest absolute Gasteiger partial charge is 0.245 e. The normalized spacial score (nSPS) is 21.4. The van der Waals surface area contributed by atoms with E-state index >= 15 is 0 Å². The highest BCUT2D eigenvalue weighted by Crippen LogP contribution is 2.47. The van der Waals surface area contributed by atoms with Crippen LogP contribution in [-0.4, -0.2) is 33.3 Å². The summed E-state index contributed by atoms with van der Waals surface area (Å²) in [7, 11) is 3.20. The van der Waals surface area contributed by atoms with Crippen molar-refractivity contribution >= 4 is 5.91 Å².